The van der Waals surface area contributed by atoms with Crippen molar-refractivity contribution in [3.8, 4) is 5.75 Å². The van der Waals surface area contributed by atoms with Gasteiger partial charge in [-0.3, -0.25) is 9.69 Å². The van der Waals surface area contributed by atoms with Crippen molar-refractivity contribution in [2.24, 2.45) is 5.92 Å². The van der Waals surface area contributed by atoms with Gasteiger partial charge in [0.1, 0.15) is 11.3 Å². The predicted molar refractivity (Wildman–Crippen MR) is 121 cm³/mol. The number of piperidine rings is 1. The maximum atomic E-state index is 12.1. The van der Waals surface area contributed by atoms with Crippen LogP contribution >= 0.6 is 0 Å². The van der Waals surface area contributed by atoms with Crippen LogP contribution in [0.25, 0.3) is 11.0 Å². The van der Waals surface area contributed by atoms with Gasteiger partial charge in [-0.2, -0.15) is 0 Å². The number of carbonyl (C=O) groups is 1. The summed E-state index contributed by atoms with van der Waals surface area (Å²) >= 11 is 0. The lowest BCUT2D eigenvalue weighted by Gasteiger charge is -2.32. The van der Waals surface area contributed by atoms with Gasteiger partial charge in [-0.15, -0.1) is 0 Å². The summed E-state index contributed by atoms with van der Waals surface area (Å²) in [6.45, 7) is 4.18. The van der Waals surface area contributed by atoms with Crippen LogP contribution in [0.2, 0.25) is 0 Å². The van der Waals surface area contributed by atoms with Crippen molar-refractivity contribution in [2.45, 2.75) is 39.2 Å². The molecule has 162 valence electrons. The number of hydrogen-bond acceptors (Lipinski definition) is 5. The highest BCUT2D eigenvalue weighted by atomic mass is 16.4. The molecule has 1 aliphatic heterocycles. The van der Waals surface area contributed by atoms with Gasteiger partial charge in [-0.05, 0) is 80.1 Å². The molecule has 2 N–H and O–H groups in total. The number of anilines is 1. The van der Waals surface area contributed by atoms with E-state index in [1.54, 1.807) is 24.3 Å². The molecule has 1 saturated heterocycles. The van der Waals surface area contributed by atoms with Gasteiger partial charge in [0.25, 0.3) is 0 Å². The molecule has 6 heteroatoms. The van der Waals surface area contributed by atoms with Gasteiger partial charge in [-0.1, -0.05) is 12.1 Å². The summed E-state index contributed by atoms with van der Waals surface area (Å²) in [5.74, 6) is 0.847. The van der Waals surface area contributed by atoms with Crippen LogP contribution in [0, 0.1) is 5.92 Å². The molecule has 1 aromatic heterocycles. The predicted octanol–water partition coefficient (Wildman–Crippen LogP) is 4.30. The lowest BCUT2D eigenvalue weighted by Crippen LogP contribution is -2.33. The Morgan fingerprint density at radius 1 is 1.13 bits per heavy atom. The zero-order valence-electron chi connectivity index (χ0n) is 17.8. The Morgan fingerprint density at radius 2 is 1.87 bits per heavy atom. The molecule has 0 aliphatic carbocycles. The van der Waals surface area contributed by atoms with Crippen LogP contribution in [0.4, 0.5) is 5.69 Å². The van der Waals surface area contributed by atoms with Crippen LogP contribution in [0.15, 0.2) is 57.7 Å². The molecule has 6 nitrogen and oxygen atoms in total. The lowest BCUT2D eigenvalue weighted by molar-refractivity contribution is -0.114. The van der Waals surface area contributed by atoms with Crippen LogP contribution in [0.3, 0.4) is 0 Å². The molecule has 1 fully saturated rings. The molecule has 0 atom stereocenters. The number of carbonyl (C=O) groups excluding carboxylic acids is 1. The van der Waals surface area contributed by atoms with E-state index in [9.17, 15) is 14.7 Å². The Bertz CT molecular complexity index is 1110. The van der Waals surface area contributed by atoms with Crippen LogP contribution in [0.1, 0.15) is 37.3 Å². The van der Waals surface area contributed by atoms with E-state index in [1.807, 2.05) is 24.3 Å². The summed E-state index contributed by atoms with van der Waals surface area (Å²) in [7, 11) is 0. The average Bonchev–Trinajstić information content (AvgIpc) is 2.73. The first kappa shape index (κ1) is 21.1. The number of hydrogen-bond donors (Lipinski definition) is 2. The van der Waals surface area contributed by atoms with Crippen molar-refractivity contribution in [3.63, 3.8) is 0 Å². The smallest absolute Gasteiger partial charge is 0.336 e. The second-order valence-corrected chi connectivity index (χ2v) is 8.41. The molecular weight excluding hydrogens is 392 g/mol. The molecular formula is C25H28N2O4. The van der Waals surface area contributed by atoms with Gasteiger partial charge in [0, 0.05) is 36.7 Å². The third-order valence-electron chi connectivity index (χ3n) is 6.03. The Labute approximate surface area is 181 Å². The molecule has 0 radical (unpaired) electrons. The van der Waals surface area contributed by atoms with Crippen molar-refractivity contribution in [2.75, 3.05) is 18.4 Å². The number of phenols is 1. The number of nitrogens with zero attached hydrogens (tertiary/aromatic N) is 1. The molecule has 0 saturated carbocycles. The second kappa shape index (κ2) is 9.35. The van der Waals surface area contributed by atoms with Crippen molar-refractivity contribution >= 4 is 22.6 Å². The van der Waals surface area contributed by atoms with Crippen LogP contribution < -0.4 is 10.9 Å². The van der Waals surface area contributed by atoms with E-state index in [-0.39, 0.29) is 11.5 Å². The topological polar surface area (TPSA) is 82.8 Å². The number of benzene rings is 2. The molecule has 0 spiro atoms. The minimum Gasteiger partial charge on any atom is -0.508 e. The fourth-order valence-electron chi connectivity index (χ4n) is 4.35. The molecule has 4 rings (SSSR count). The number of nitrogens with one attached hydrogen (secondary N) is 1. The number of fused-ring (bicyclic) bond motifs is 1. The molecule has 2 aromatic carbocycles. The number of phenolic OH excluding ortho intramolecular Hbond substituents is 1. The van der Waals surface area contributed by atoms with Crippen LogP contribution in [-0.4, -0.2) is 29.0 Å². The number of likely N-dealkylation sites (tertiary alicyclic amines) is 1. The van der Waals surface area contributed by atoms with Gasteiger partial charge >= 0.3 is 5.63 Å². The minimum atomic E-state index is -0.369. The normalized spacial score (nSPS) is 15.3. The fraction of sp³-hybridized carbons (Fsp3) is 0.360. The van der Waals surface area contributed by atoms with E-state index in [0.29, 0.717) is 29.5 Å². The minimum absolute atomic E-state index is 0.161. The van der Waals surface area contributed by atoms with Crippen molar-refractivity contribution in [1.82, 2.24) is 4.90 Å². The number of aromatic hydroxyl groups is 1. The largest absolute Gasteiger partial charge is 0.508 e. The number of aryl methyl sites for hydroxylation is 1. The van der Waals surface area contributed by atoms with E-state index in [1.165, 1.54) is 12.5 Å². The zero-order valence-corrected chi connectivity index (χ0v) is 17.8. The third-order valence-corrected chi connectivity index (χ3v) is 6.03. The number of rotatable bonds is 6. The Kier molecular flexibility index (Phi) is 6.37. The van der Waals surface area contributed by atoms with Crippen LogP contribution in [0.5, 0.6) is 5.75 Å². The van der Waals surface area contributed by atoms with Crippen molar-refractivity contribution < 1.29 is 14.3 Å². The molecule has 0 unspecified atom stereocenters. The molecule has 2 heterocycles. The molecule has 1 amide bonds. The highest BCUT2D eigenvalue weighted by Crippen LogP contribution is 2.26. The van der Waals surface area contributed by atoms with Crippen LogP contribution in [-0.2, 0) is 17.8 Å². The Morgan fingerprint density at radius 3 is 2.58 bits per heavy atom. The van der Waals surface area contributed by atoms with E-state index >= 15 is 0 Å². The fourth-order valence-corrected chi connectivity index (χ4v) is 4.35. The standard InChI is InChI=1S/C25H28N2O4/c1-17(28)26-21-6-9-23-20(14-25(30)31-24(23)15-21)16-27-12-10-19(11-13-27)3-2-18-4-7-22(29)8-5-18/h4-9,14-15,19,29H,2-3,10-13,16H2,1H3,(H,26,28). The molecule has 31 heavy (non-hydrogen) atoms. The summed E-state index contributed by atoms with van der Waals surface area (Å²) in [6.07, 6.45) is 4.47. The van der Waals surface area contributed by atoms with E-state index < -0.39 is 0 Å². The second-order valence-electron chi connectivity index (χ2n) is 8.41. The highest BCUT2D eigenvalue weighted by molar-refractivity contribution is 5.92. The van der Waals surface area contributed by atoms with E-state index in [0.717, 1.165) is 49.7 Å². The van der Waals surface area contributed by atoms with Gasteiger partial charge in [0.15, 0.2) is 0 Å². The van der Waals surface area contributed by atoms with Crippen molar-refractivity contribution in [3.05, 3.63) is 70.1 Å². The summed E-state index contributed by atoms with van der Waals surface area (Å²) in [5.41, 5.74) is 2.98. The summed E-state index contributed by atoms with van der Waals surface area (Å²) in [5, 5.41) is 13.0. The zero-order chi connectivity index (χ0) is 21.8. The summed E-state index contributed by atoms with van der Waals surface area (Å²) in [4.78, 5) is 25.8. The molecule has 0 bridgehead atoms. The molecule has 1 aliphatic rings. The average molecular weight is 421 g/mol. The summed E-state index contributed by atoms with van der Waals surface area (Å²) in [6, 6.07) is 14.5. The Hall–Kier alpha value is -3.12. The Balaban J connectivity index is 1.37. The summed E-state index contributed by atoms with van der Waals surface area (Å²) < 4.78 is 5.37. The molecule has 3 aromatic rings. The maximum absolute atomic E-state index is 12.1. The van der Waals surface area contributed by atoms with Gasteiger partial charge in [0.05, 0.1) is 0 Å². The van der Waals surface area contributed by atoms with E-state index in [4.69, 9.17) is 4.42 Å². The van der Waals surface area contributed by atoms with Crippen molar-refractivity contribution in [1.29, 1.82) is 0 Å². The number of amides is 1. The first-order chi connectivity index (χ1) is 15.0. The van der Waals surface area contributed by atoms with Gasteiger partial charge < -0.3 is 14.8 Å². The maximum Gasteiger partial charge on any atom is 0.336 e. The third kappa shape index (κ3) is 5.52. The highest BCUT2D eigenvalue weighted by Gasteiger charge is 2.20. The lowest BCUT2D eigenvalue weighted by atomic mass is 9.90. The van der Waals surface area contributed by atoms with Gasteiger partial charge in [-0.25, -0.2) is 4.79 Å². The SMILES string of the molecule is CC(=O)Nc1ccc2c(CN3CCC(CCc4ccc(O)cc4)CC3)cc(=O)oc2c1. The quantitative estimate of drug-likeness (QED) is 0.581. The first-order valence-corrected chi connectivity index (χ1v) is 10.8. The van der Waals surface area contributed by atoms with E-state index in [2.05, 4.69) is 10.2 Å². The first-order valence-electron chi connectivity index (χ1n) is 10.8. The monoisotopic (exact) mass is 420 g/mol. The van der Waals surface area contributed by atoms with Gasteiger partial charge in [0.2, 0.25) is 5.91 Å².